The van der Waals surface area contributed by atoms with E-state index >= 15 is 0 Å². The lowest BCUT2D eigenvalue weighted by molar-refractivity contribution is -0.0105. The summed E-state index contributed by atoms with van der Waals surface area (Å²) in [6.45, 7) is 11.5. The lowest BCUT2D eigenvalue weighted by atomic mass is 10.2. The van der Waals surface area contributed by atoms with Gasteiger partial charge in [-0.05, 0) is 48.0 Å². The number of hydrogen-bond acceptors (Lipinski definition) is 5. The highest BCUT2D eigenvalue weighted by atomic mass is 16.6. The van der Waals surface area contributed by atoms with Gasteiger partial charge in [0, 0.05) is 6.61 Å². The average molecular weight is 302 g/mol. The van der Waals surface area contributed by atoms with Gasteiger partial charge in [0.05, 0.1) is 12.6 Å². The van der Waals surface area contributed by atoms with E-state index in [1.807, 2.05) is 0 Å². The molecule has 1 heterocycles. The van der Waals surface area contributed by atoms with E-state index in [1.54, 1.807) is 41.5 Å². The smallest absolute Gasteiger partial charge is 0.429 e. The molecule has 1 atom stereocenters. The molecule has 0 bridgehead atoms. The van der Waals surface area contributed by atoms with Crippen LogP contribution in [0.5, 0.6) is 0 Å². The van der Waals surface area contributed by atoms with Gasteiger partial charge in [-0.15, -0.1) is 0 Å². The van der Waals surface area contributed by atoms with Crippen molar-refractivity contribution in [1.82, 2.24) is 10.4 Å². The van der Waals surface area contributed by atoms with Crippen molar-refractivity contribution >= 4 is 12.2 Å². The van der Waals surface area contributed by atoms with Crippen LogP contribution in [0, 0.1) is 0 Å². The van der Waals surface area contributed by atoms with Crippen LogP contribution in [0.2, 0.25) is 0 Å². The van der Waals surface area contributed by atoms with E-state index in [9.17, 15) is 9.59 Å². The van der Waals surface area contributed by atoms with E-state index in [0.29, 0.717) is 19.6 Å². The van der Waals surface area contributed by atoms with Crippen LogP contribution in [0.3, 0.4) is 0 Å². The van der Waals surface area contributed by atoms with Crippen LogP contribution in [0.4, 0.5) is 9.59 Å². The number of amides is 2. The van der Waals surface area contributed by atoms with Gasteiger partial charge in [0.15, 0.2) is 0 Å². The number of carbonyl (C=O) groups excluding carboxylic acids is 2. The van der Waals surface area contributed by atoms with Gasteiger partial charge >= 0.3 is 12.2 Å². The molecule has 1 rings (SSSR count). The van der Waals surface area contributed by atoms with Gasteiger partial charge in [0.1, 0.15) is 11.2 Å². The van der Waals surface area contributed by atoms with Crippen molar-refractivity contribution in [2.75, 3.05) is 13.2 Å². The normalized spacial score (nSPS) is 19.0. The van der Waals surface area contributed by atoms with Crippen LogP contribution < -0.4 is 5.43 Å². The highest BCUT2D eigenvalue weighted by Crippen LogP contribution is 2.16. The maximum absolute atomic E-state index is 12.2. The third-order valence-electron chi connectivity index (χ3n) is 2.47. The Labute approximate surface area is 125 Å². The molecule has 0 aromatic rings. The van der Waals surface area contributed by atoms with Gasteiger partial charge in [-0.1, -0.05) is 0 Å². The summed E-state index contributed by atoms with van der Waals surface area (Å²) >= 11 is 0. The van der Waals surface area contributed by atoms with E-state index in [-0.39, 0.29) is 6.04 Å². The van der Waals surface area contributed by atoms with Crippen molar-refractivity contribution in [1.29, 1.82) is 0 Å². The number of rotatable bonds is 1. The molecular formula is C14H26N2O5. The van der Waals surface area contributed by atoms with Gasteiger partial charge < -0.3 is 14.2 Å². The molecule has 0 aromatic heterocycles. The minimum absolute atomic E-state index is 0.257. The van der Waals surface area contributed by atoms with E-state index in [2.05, 4.69) is 5.43 Å². The molecule has 1 aliphatic rings. The maximum atomic E-state index is 12.2. The van der Waals surface area contributed by atoms with Crippen LogP contribution >= 0.6 is 0 Å². The van der Waals surface area contributed by atoms with Crippen LogP contribution in [0.15, 0.2) is 0 Å². The van der Waals surface area contributed by atoms with Crippen molar-refractivity contribution in [3.63, 3.8) is 0 Å². The Morgan fingerprint density at radius 3 is 2.10 bits per heavy atom. The summed E-state index contributed by atoms with van der Waals surface area (Å²) in [5.41, 5.74) is 1.16. The molecule has 1 fully saturated rings. The quantitative estimate of drug-likeness (QED) is 0.753. The topological polar surface area (TPSA) is 77.1 Å². The molecule has 21 heavy (non-hydrogen) atoms. The highest BCUT2D eigenvalue weighted by molar-refractivity contribution is 5.74. The second kappa shape index (κ2) is 6.51. The second-order valence-corrected chi connectivity index (χ2v) is 6.98. The third kappa shape index (κ3) is 6.66. The standard InChI is InChI=1S/C14H26N2O5/c1-13(2,3)20-11(17)15-16(10-7-8-19-9-10)12(18)21-14(4,5)6/h10H,7-9H2,1-6H3,(H,15,17)/t10-/m0/s1. The Hall–Kier alpha value is -1.50. The first-order chi connectivity index (χ1) is 9.48. The summed E-state index contributed by atoms with van der Waals surface area (Å²) in [6.07, 6.45) is -0.682. The lowest BCUT2D eigenvalue weighted by Crippen LogP contribution is -2.54. The molecule has 0 saturated carbocycles. The molecule has 1 N–H and O–H groups in total. The summed E-state index contributed by atoms with van der Waals surface area (Å²) in [5, 5.41) is 1.16. The molecule has 0 unspecified atom stereocenters. The van der Waals surface area contributed by atoms with Gasteiger partial charge in [-0.25, -0.2) is 20.0 Å². The fourth-order valence-corrected chi connectivity index (χ4v) is 1.72. The molecule has 122 valence electrons. The second-order valence-electron chi connectivity index (χ2n) is 6.98. The monoisotopic (exact) mass is 302 g/mol. The predicted octanol–water partition coefficient (Wildman–Crippen LogP) is 2.45. The molecule has 7 nitrogen and oxygen atoms in total. The summed E-state index contributed by atoms with van der Waals surface area (Å²) in [7, 11) is 0. The third-order valence-corrected chi connectivity index (χ3v) is 2.47. The van der Waals surface area contributed by atoms with E-state index in [4.69, 9.17) is 14.2 Å². The Kier molecular flexibility index (Phi) is 5.44. The highest BCUT2D eigenvalue weighted by Gasteiger charge is 2.33. The fourth-order valence-electron chi connectivity index (χ4n) is 1.72. The number of nitrogens with one attached hydrogen (secondary N) is 1. The molecule has 7 heteroatoms. The van der Waals surface area contributed by atoms with Crippen LogP contribution in [0.25, 0.3) is 0 Å². The van der Waals surface area contributed by atoms with Crippen molar-refractivity contribution in [3.8, 4) is 0 Å². The van der Waals surface area contributed by atoms with E-state index < -0.39 is 23.4 Å². The van der Waals surface area contributed by atoms with Gasteiger partial charge in [0.2, 0.25) is 0 Å². The van der Waals surface area contributed by atoms with Crippen molar-refractivity contribution in [2.24, 2.45) is 0 Å². The predicted molar refractivity (Wildman–Crippen MR) is 76.7 cm³/mol. The fraction of sp³-hybridized carbons (Fsp3) is 0.857. The Morgan fingerprint density at radius 2 is 1.67 bits per heavy atom. The van der Waals surface area contributed by atoms with Crippen molar-refractivity contribution < 1.29 is 23.8 Å². The zero-order valence-corrected chi connectivity index (χ0v) is 13.7. The molecule has 1 aliphatic heterocycles. The molecule has 2 amide bonds. The first kappa shape index (κ1) is 17.6. The molecule has 1 saturated heterocycles. The van der Waals surface area contributed by atoms with Crippen LogP contribution in [-0.4, -0.2) is 47.7 Å². The summed E-state index contributed by atoms with van der Waals surface area (Å²) < 4.78 is 15.7. The molecular weight excluding hydrogens is 276 g/mol. The molecule has 0 aromatic carbocycles. The lowest BCUT2D eigenvalue weighted by Gasteiger charge is -2.31. The summed E-state index contributed by atoms with van der Waals surface area (Å²) in [5.74, 6) is 0. The molecule has 0 radical (unpaired) electrons. The number of hydrogen-bond donors (Lipinski definition) is 1. The minimum Gasteiger partial charge on any atom is -0.443 e. The van der Waals surface area contributed by atoms with Crippen molar-refractivity contribution in [2.45, 2.75) is 65.2 Å². The Balaban J connectivity index is 2.73. The summed E-state index contributed by atoms with van der Waals surface area (Å²) in [4.78, 5) is 24.1. The number of nitrogens with zero attached hydrogens (tertiary/aromatic N) is 1. The zero-order valence-electron chi connectivity index (χ0n) is 13.7. The van der Waals surface area contributed by atoms with Gasteiger partial charge in [0.25, 0.3) is 0 Å². The Morgan fingerprint density at radius 1 is 1.10 bits per heavy atom. The van der Waals surface area contributed by atoms with E-state index in [0.717, 1.165) is 5.01 Å². The van der Waals surface area contributed by atoms with Gasteiger partial charge in [-0.2, -0.15) is 0 Å². The molecule has 0 aliphatic carbocycles. The maximum Gasteiger partial charge on any atom is 0.429 e. The zero-order chi connectivity index (χ0) is 16.3. The van der Waals surface area contributed by atoms with Crippen LogP contribution in [0.1, 0.15) is 48.0 Å². The van der Waals surface area contributed by atoms with Crippen molar-refractivity contribution in [3.05, 3.63) is 0 Å². The SMILES string of the molecule is CC(C)(C)OC(=O)NN(C(=O)OC(C)(C)C)[C@H]1CCOC1. The summed E-state index contributed by atoms with van der Waals surface area (Å²) in [6, 6.07) is -0.257. The number of carbonyl (C=O) groups is 2. The van der Waals surface area contributed by atoms with E-state index in [1.165, 1.54) is 0 Å². The molecule has 0 spiro atoms. The average Bonchev–Trinajstić information content (AvgIpc) is 2.73. The largest absolute Gasteiger partial charge is 0.443 e. The van der Waals surface area contributed by atoms with Crippen LogP contribution in [-0.2, 0) is 14.2 Å². The number of hydrazine groups is 1. The number of ether oxygens (including phenoxy) is 3. The minimum atomic E-state index is -0.694. The Bertz CT molecular complexity index is 378. The van der Waals surface area contributed by atoms with Gasteiger partial charge in [-0.3, -0.25) is 0 Å². The first-order valence-corrected chi connectivity index (χ1v) is 7.07. The first-order valence-electron chi connectivity index (χ1n) is 7.07.